The highest BCUT2D eigenvalue weighted by molar-refractivity contribution is 7.47. The Labute approximate surface area is 451 Å². The molecule has 0 fully saturated rings. The Balaban J connectivity index is 4.80. The second kappa shape index (κ2) is 55.6. The molecule has 0 aliphatic heterocycles. The minimum atomic E-state index is -4.77. The van der Waals surface area contributed by atoms with Crippen LogP contribution in [0.2, 0.25) is 0 Å². The lowest BCUT2D eigenvalue weighted by atomic mass is 10.1. The lowest BCUT2D eigenvalue weighted by molar-refractivity contribution is -0.161. The molecule has 424 valence electrons. The van der Waals surface area contributed by atoms with Crippen LogP contribution in [0.1, 0.15) is 239 Å². The molecule has 2 N–H and O–H groups in total. The fraction of sp³-hybridized carbons (Fsp3) is 0.694. The quantitative estimate of drug-likeness (QED) is 0.0197. The van der Waals surface area contributed by atoms with Gasteiger partial charge in [-0.25, -0.2) is 4.57 Å². The second-order valence-corrected chi connectivity index (χ2v) is 20.5. The standard InChI is InChI=1S/C62H105O11P/c1-4-7-10-13-16-19-22-25-27-29-31-34-36-39-42-45-48-51-60(64)69-55-59(73-62(66)53-50-47-44-41-38-35-32-30-28-26-23-20-17-14-11-8-5-2)57-71-74(67,68)70-56-58(54-63)72-61(65)52-49-46-43-40-37-33-24-21-18-15-12-9-6-3/h7,9-10,12,16,18-19,21,25-28,33,37,43,46,58-59,63H,4-6,8,11,13-15,17,20,22-24,29-32,34-36,38-42,44-45,47-57H2,1-3H3,(H,67,68)/b10-7-,12-9-,19-16-,21-18-,27-25-,28-26-,37-33-,46-43-. The predicted octanol–water partition coefficient (Wildman–Crippen LogP) is 17.3. The van der Waals surface area contributed by atoms with Crippen molar-refractivity contribution in [3.05, 3.63) is 97.2 Å². The number of phosphoric acid groups is 1. The molecule has 3 atom stereocenters. The van der Waals surface area contributed by atoms with Crippen molar-refractivity contribution in [3.63, 3.8) is 0 Å². The number of aliphatic hydroxyl groups is 1. The van der Waals surface area contributed by atoms with E-state index in [-0.39, 0.29) is 25.9 Å². The molecule has 0 aromatic carbocycles. The van der Waals surface area contributed by atoms with Crippen LogP contribution in [-0.4, -0.2) is 66.5 Å². The number of allylic oxidation sites excluding steroid dienone is 16. The molecule has 74 heavy (non-hydrogen) atoms. The summed E-state index contributed by atoms with van der Waals surface area (Å²) in [5.74, 6) is -1.57. The van der Waals surface area contributed by atoms with Crippen LogP contribution in [-0.2, 0) is 42.2 Å². The molecule has 3 unspecified atom stereocenters. The molecule has 0 bridgehead atoms. The lowest BCUT2D eigenvalue weighted by Gasteiger charge is -2.21. The van der Waals surface area contributed by atoms with Crippen LogP contribution in [0.25, 0.3) is 0 Å². The Kier molecular flexibility index (Phi) is 52.9. The number of hydrogen-bond acceptors (Lipinski definition) is 10. The monoisotopic (exact) mass is 1060 g/mol. The number of unbranched alkanes of at least 4 members (excludes halogenated alkanes) is 20. The first kappa shape index (κ1) is 70.4. The second-order valence-electron chi connectivity index (χ2n) is 19.0. The van der Waals surface area contributed by atoms with Gasteiger partial charge in [0.1, 0.15) is 12.7 Å². The van der Waals surface area contributed by atoms with Crippen LogP contribution < -0.4 is 0 Å². The van der Waals surface area contributed by atoms with E-state index in [1.807, 2.05) is 12.2 Å². The summed E-state index contributed by atoms with van der Waals surface area (Å²) in [6.45, 7) is 4.32. The van der Waals surface area contributed by atoms with Gasteiger partial charge >= 0.3 is 25.7 Å². The van der Waals surface area contributed by atoms with Gasteiger partial charge in [-0.2, -0.15) is 0 Å². The van der Waals surface area contributed by atoms with Crippen LogP contribution >= 0.6 is 7.82 Å². The van der Waals surface area contributed by atoms with Gasteiger partial charge in [-0.3, -0.25) is 23.4 Å². The molecule has 0 aliphatic rings. The van der Waals surface area contributed by atoms with Crippen molar-refractivity contribution in [2.75, 3.05) is 26.4 Å². The molecule has 0 rings (SSSR count). The van der Waals surface area contributed by atoms with Gasteiger partial charge in [-0.05, 0) is 103 Å². The van der Waals surface area contributed by atoms with Gasteiger partial charge in [0.15, 0.2) is 6.10 Å². The molecule has 12 heteroatoms. The zero-order valence-corrected chi connectivity index (χ0v) is 47.7. The number of rotatable bonds is 53. The summed E-state index contributed by atoms with van der Waals surface area (Å²) in [7, 11) is -4.77. The van der Waals surface area contributed by atoms with Gasteiger partial charge in [-0.1, -0.05) is 214 Å². The van der Waals surface area contributed by atoms with Crippen molar-refractivity contribution < 1.29 is 52.2 Å². The maximum absolute atomic E-state index is 12.9. The van der Waals surface area contributed by atoms with E-state index in [1.165, 1.54) is 70.6 Å². The normalized spacial score (nSPS) is 14.1. The van der Waals surface area contributed by atoms with Gasteiger partial charge in [0.2, 0.25) is 0 Å². The number of carbonyl (C=O) groups is 3. The first-order valence-electron chi connectivity index (χ1n) is 29.1. The molecule has 0 saturated carbocycles. The number of aliphatic hydroxyl groups excluding tert-OH is 1. The average Bonchev–Trinajstić information content (AvgIpc) is 3.39. The Bertz CT molecular complexity index is 1610. The first-order chi connectivity index (χ1) is 36.2. The maximum Gasteiger partial charge on any atom is 0.472 e. The fourth-order valence-corrected chi connectivity index (χ4v) is 8.40. The van der Waals surface area contributed by atoms with Gasteiger partial charge < -0.3 is 24.2 Å². The van der Waals surface area contributed by atoms with E-state index in [4.69, 9.17) is 23.3 Å². The van der Waals surface area contributed by atoms with Crippen molar-refractivity contribution >= 4 is 25.7 Å². The third-order valence-corrected chi connectivity index (χ3v) is 12.9. The van der Waals surface area contributed by atoms with Crippen LogP contribution in [0, 0.1) is 0 Å². The van der Waals surface area contributed by atoms with Crippen LogP contribution in [0.3, 0.4) is 0 Å². The van der Waals surface area contributed by atoms with Crippen LogP contribution in [0.5, 0.6) is 0 Å². The summed E-state index contributed by atoms with van der Waals surface area (Å²) >= 11 is 0. The van der Waals surface area contributed by atoms with Crippen molar-refractivity contribution in [1.29, 1.82) is 0 Å². The molecule has 0 amide bonds. The number of ether oxygens (including phenoxy) is 3. The molecule has 0 heterocycles. The van der Waals surface area contributed by atoms with Crippen LogP contribution in [0.15, 0.2) is 97.2 Å². The SMILES string of the molecule is CC/C=C\C/C=C\C/C=C\C/C=C\CCC(=O)OC(CO)COP(=O)(O)OCC(COC(=O)CCCCCCCCC/C=C\C/C=C\C/C=C\CC)OC(=O)CCCCCCCCC/C=C\CCCCCCCC. The van der Waals surface area contributed by atoms with Crippen molar-refractivity contribution in [3.8, 4) is 0 Å². The largest absolute Gasteiger partial charge is 0.472 e. The van der Waals surface area contributed by atoms with Gasteiger partial charge in [-0.15, -0.1) is 0 Å². The third-order valence-electron chi connectivity index (χ3n) is 12.0. The summed E-state index contributed by atoms with van der Waals surface area (Å²) < 4.78 is 39.4. The molecular weight excluding hydrogens is 952 g/mol. The molecule has 0 saturated heterocycles. The maximum atomic E-state index is 12.9. The van der Waals surface area contributed by atoms with E-state index in [0.29, 0.717) is 19.3 Å². The molecule has 0 aromatic rings. The number of phosphoric ester groups is 1. The summed E-state index contributed by atoms with van der Waals surface area (Å²) in [5.41, 5.74) is 0. The highest BCUT2D eigenvalue weighted by Gasteiger charge is 2.28. The van der Waals surface area contributed by atoms with E-state index in [2.05, 4.69) is 106 Å². The summed E-state index contributed by atoms with van der Waals surface area (Å²) in [6.07, 6.45) is 65.2. The van der Waals surface area contributed by atoms with Gasteiger partial charge in [0.25, 0.3) is 0 Å². The van der Waals surface area contributed by atoms with E-state index in [1.54, 1.807) is 0 Å². The zero-order valence-electron chi connectivity index (χ0n) is 46.8. The van der Waals surface area contributed by atoms with E-state index in [9.17, 15) is 28.9 Å². The van der Waals surface area contributed by atoms with E-state index >= 15 is 0 Å². The topological polar surface area (TPSA) is 155 Å². The average molecular weight is 1060 g/mol. The molecule has 0 aromatic heterocycles. The smallest absolute Gasteiger partial charge is 0.462 e. The predicted molar refractivity (Wildman–Crippen MR) is 307 cm³/mol. The van der Waals surface area contributed by atoms with Crippen molar-refractivity contribution in [1.82, 2.24) is 0 Å². The van der Waals surface area contributed by atoms with Gasteiger partial charge in [0.05, 0.1) is 19.8 Å². The Hall–Kier alpha value is -3.60. The van der Waals surface area contributed by atoms with Crippen LogP contribution in [0.4, 0.5) is 0 Å². The fourth-order valence-electron chi connectivity index (χ4n) is 7.61. The Morgan fingerprint density at radius 1 is 0.392 bits per heavy atom. The van der Waals surface area contributed by atoms with Crippen molar-refractivity contribution in [2.24, 2.45) is 0 Å². The first-order valence-corrected chi connectivity index (χ1v) is 30.6. The Morgan fingerprint density at radius 2 is 0.730 bits per heavy atom. The number of hydrogen-bond donors (Lipinski definition) is 2. The minimum Gasteiger partial charge on any atom is -0.462 e. The van der Waals surface area contributed by atoms with Crippen molar-refractivity contribution in [2.45, 2.75) is 251 Å². The number of carbonyl (C=O) groups excluding carboxylic acids is 3. The summed E-state index contributed by atoms with van der Waals surface area (Å²) in [5, 5.41) is 9.79. The number of esters is 3. The highest BCUT2D eigenvalue weighted by atomic mass is 31.2. The summed E-state index contributed by atoms with van der Waals surface area (Å²) in [4.78, 5) is 48.5. The van der Waals surface area contributed by atoms with E-state index in [0.717, 1.165) is 109 Å². The molecule has 11 nitrogen and oxygen atoms in total. The van der Waals surface area contributed by atoms with Gasteiger partial charge in [0, 0.05) is 19.3 Å². The highest BCUT2D eigenvalue weighted by Crippen LogP contribution is 2.43. The molecule has 0 radical (unpaired) electrons. The van der Waals surface area contributed by atoms with E-state index < -0.39 is 57.8 Å². The molecule has 0 spiro atoms. The lowest BCUT2D eigenvalue weighted by Crippen LogP contribution is -2.30. The molecular formula is C62H105O11P. The zero-order chi connectivity index (χ0) is 54.1. The molecule has 0 aliphatic carbocycles. The summed E-state index contributed by atoms with van der Waals surface area (Å²) in [6, 6.07) is 0. The Morgan fingerprint density at radius 3 is 1.18 bits per heavy atom. The minimum absolute atomic E-state index is 0.0519. The third kappa shape index (κ3) is 53.2.